The molecule has 1 aromatic heterocycles. The second-order valence-electron chi connectivity index (χ2n) is 4.81. The minimum Gasteiger partial charge on any atom is -0.492 e. The number of ether oxygens (including phenoxy) is 1. The van der Waals surface area contributed by atoms with Gasteiger partial charge in [-0.05, 0) is 37.9 Å². The van der Waals surface area contributed by atoms with E-state index < -0.39 is 0 Å². The summed E-state index contributed by atoms with van der Waals surface area (Å²) in [5.74, 6) is 7.85. The molecule has 1 aliphatic carbocycles. The first-order valence-electron chi connectivity index (χ1n) is 6.82. The van der Waals surface area contributed by atoms with Crippen LogP contribution in [0.25, 0.3) is 0 Å². The van der Waals surface area contributed by atoms with Crippen molar-refractivity contribution in [2.24, 2.45) is 11.7 Å². The molecular formula is C15H21N3O. The molecular weight excluding hydrogens is 238 g/mol. The van der Waals surface area contributed by atoms with Crippen molar-refractivity contribution in [1.82, 2.24) is 10.3 Å². The Balaban J connectivity index is 1.50. The Morgan fingerprint density at radius 2 is 2.21 bits per heavy atom. The first-order chi connectivity index (χ1) is 9.34. The summed E-state index contributed by atoms with van der Waals surface area (Å²) in [5, 5.41) is 3.28. The largest absolute Gasteiger partial charge is 0.492 e. The highest BCUT2D eigenvalue weighted by Crippen LogP contribution is 2.27. The first kappa shape index (κ1) is 13.9. The molecule has 1 saturated carbocycles. The van der Waals surface area contributed by atoms with Gasteiger partial charge >= 0.3 is 0 Å². The van der Waals surface area contributed by atoms with Crippen molar-refractivity contribution in [3.8, 4) is 17.6 Å². The van der Waals surface area contributed by atoms with Gasteiger partial charge in [0, 0.05) is 24.4 Å². The van der Waals surface area contributed by atoms with Crippen LogP contribution in [-0.4, -0.2) is 30.7 Å². The van der Waals surface area contributed by atoms with Crippen LogP contribution in [0.5, 0.6) is 5.75 Å². The van der Waals surface area contributed by atoms with E-state index in [2.05, 4.69) is 22.1 Å². The van der Waals surface area contributed by atoms with Gasteiger partial charge in [0.1, 0.15) is 12.4 Å². The summed E-state index contributed by atoms with van der Waals surface area (Å²) in [6.45, 7) is 2.16. The Morgan fingerprint density at radius 1 is 1.42 bits per heavy atom. The van der Waals surface area contributed by atoms with Crippen molar-refractivity contribution in [3.05, 3.63) is 24.5 Å². The van der Waals surface area contributed by atoms with Crippen molar-refractivity contribution in [1.29, 1.82) is 0 Å². The van der Waals surface area contributed by atoms with Crippen LogP contribution in [0.2, 0.25) is 0 Å². The number of hydrogen-bond donors (Lipinski definition) is 2. The van der Waals surface area contributed by atoms with E-state index in [-0.39, 0.29) is 6.04 Å². The Bertz CT molecular complexity index is 420. The maximum absolute atomic E-state index is 5.98. The molecule has 1 unspecified atom stereocenters. The Labute approximate surface area is 114 Å². The predicted octanol–water partition coefficient (Wildman–Crippen LogP) is 1.18. The molecule has 3 N–H and O–H groups in total. The second-order valence-corrected chi connectivity index (χ2v) is 4.81. The van der Waals surface area contributed by atoms with Gasteiger partial charge in [0.15, 0.2) is 0 Å². The molecule has 19 heavy (non-hydrogen) atoms. The first-order valence-corrected chi connectivity index (χ1v) is 6.82. The zero-order chi connectivity index (χ0) is 13.3. The van der Waals surface area contributed by atoms with Crippen molar-refractivity contribution >= 4 is 0 Å². The zero-order valence-corrected chi connectivity index (χ0v) is 11.1. The van der Waals surface area contributed by atoms with Gasteiger partial charge in [-0.3, -0.25) is 4.98 Å². The molecule has 102 valence electrons. The summed E-state index contributed by atoms with van der Waals surface area (Å²) >= 11 is 0. The number of nitrogens with zero attached hydrogens (tertiary/aromatic N) is 1. The minimum absolute atomic E-state index is 0.0389. The molecule has 0 spiro atoms. The molecule has 0 bridgehead atoms. The molecule has 1 fully saturated rings. The molecule has 1 aliphatic rings. The van der Waals surface area contributed by atoms with E-state index in [4.69, 9.17) is 10.5 Å². The van der Waals surface area contributed by atoms with E-state index in [1.165, 1.54) is 12.8 Å². The number of nitrogens with two attached hydrogens (primary N) is 1. The molecule has 0 radical (unpaired) electrons. The molecule has 1 heterocycles. The highest BCUT2D eigenvalue weighted by molar-refractivity contribution is 5.16. The van der Waals surface area contributed by atoms with Crippen molar-refractivity contribution in [2.45, 2.75) is 25.3 Å². The summed E-state index contributed by atoms with van der Waals surface area (Å²) < 4.78 is 5.56. The third-order valence-corrected chi connectivity index (χ3v) is 2.90. The number of rotatable bonds is 7. The maximum Gasteiger partial charge on any atom is 0.122 e. The molecule has 0 aromatic carbocycles. The fourth-order valence-electron chi connectivity index (χ4n) is 1.58. The van der Waals surface area contributed by atoms with E-state index in [9.17, 15) is 0 Å². The van der Waals surface area contributed by atoms with Crippen LogP contribution in [0.15, 0.2) is 24.5 Å². The molecule has 0 aliphatic heterocycles. The lowest BCUT2D eigenvalue weighted by Crippen LogP contribution is -2.32. The lowest BCUT2D eigenvalue weighted by atomic mass is 10.2. The van der Waals surface area contributed by atoms with Crippen molar-refractivity contribution in [2.75, 3.05) is 19.7 Å². The van der Waals surface area contributed by atoms with E-state index in [0.717, 1.165) is 25.3 Å². The van der Waals surface area contributed by atoms with Gasteiger partial charge in [-0.2, -0.15) is 0 Å². The molecule has 1 aromatic rings. The topological polar surface area (TPSA) is 60.2 Å². The number of nitrogens with one attached hydrogen (secondary N) is 1. The van der Waals surface area contributed by atoms with Crippen LogP contribution in [0.1, 0.15) is 19.3 Å². The lowest BCUT2D eigenvalue weighted by molar-refractivity contribution is 0.281. The van der Waals surface area contributed by atoms with Crippen LogP contribution in [0.3, 0.4) is 0 Å². The summed E-state index contributed by atoms with van der Waals surface area (Å²) in [5.41, 5.74) is 5.98. The molecule has 4 heteroatoms. The zero-order valence-electron chi connectivity index (χ0n) is 11.1. The average Bonchev–Trinajstić information content (AvgIpc) is 3.26. The summed E-state index contributed by atoms with van der Waals surface area (Å²) in [4.78, 5) is 3.93. The van der Waals surface area contributed by atoms with Crippen molar-refractivity contribution in [3.63, 3.8) is 0 Å². The van der Waals surface area contributed by atoms with Gasteiger partial charge in [-0.15, -0.1) is 0 Å². The number of aromatic nitrogens is 1. The summed E-state index contributed by atoms with van der Waals surface area (Å²) in [7, 11) is 0. The van der Waals surface area contributed by atoms with E-state index in [1.807, 2.05) is 12.1 Å². The standard InChI is InChI=1S/C15H21N3O/c16-14(12-19-15-6-10-18-11-7-15)5-9-17-8-1-2-13-3-4-13/h6-7,10-11,13-14,17H,3-5,8-9,12,16H2. The second kappa shape index (κ2) is 7.78. The number of hydrogen-bond acceptors (Lipinski definition) is 4. The lowest BCUT2D eigenvalue weighted by Gasteiger charge is -2.12. The Kier molecular flexibility index (Phi) is 5.67. The predicted molar refractivity (Wildman–Crippen MR) is 75.7 cm³/mol. The fraction of sp³-hybridized carbons (Fsp3) is 0.533. The van der Waals surface area contributed by atoms with E-state index >= 15 is 0 Å². The van der Waals surface area contributed by atoms with Gasteiger partial charge < -0.3 is 15.8 Å². The monoisotopic (exact) mass is 259 g/mol. The number of pyridine rings is 1. The quantitative estimate of drug-likeness (QED) is 0.570. The third-order valence-electron chi connectivity index (χ3n) is 2.90. The summed E-state index contributed by atoms with van der Waals surface area (Å²) in [6, 6.07) is 3.70. The van der Waals surface area contributed by atoms with Crippen LogP contribution in [0, 0.1) is 17.8 Å². The van der Waals surface area contributed by atoms with Crippen LogP contribution >= 0.6 is 0 Å². The van der Waals surface area contributed by atoms with Crippen LogP contribution in [-0.2, 0) is 0 Å². The fourth-order valence-corrected chi connectivity index (χ4v) is 1.58. The average molecular weight is 259 g/mol. The summed E-state index contributed by atoms with van der Waals surface area (Å²) in [6.07, 6.45) is 6.87. The molecule has 0 amide bonds. The Hall–Kier alpha value is -1.57. The maximum atomic E-state index is 5.98. The minimum atomic E-state index is 0.0389. The highest BCUT2D eigenvalue weighted by atomic mass is 16.5. The van der Waals surface area contributed by atoms with E-state index in [0.29, 0.717) is 12.5 Å². The van der Waals surface area contributed by atoms with Gasteiger partial charge in [0.05, 0.1) is 6.54 Å². The van der Waals surface area contributed by atoms with E-state index in [1.54, 1.807) is 12.4 Å². The van der Waals surface area contributed by atoms with Crippen LogP contribution in [0.4, 0.5) is 0 Å². The highest BCUT2D eigenvalue weighted by Gasteiger charge is 2.17. The molecule has 0 saturated heterocycles. The van der Waals surface area contributed by atoms with Crippen LogP contribution < -0.4 is 15.8 Å². The molecule has 1 atom stereocenters. The van der Waals surface area contributed by atoms with Crippen molar-refractivity contribution < 1.29 is 4.74 Å². The normalized spacial score (nSPS) is 15.4. The molecule has 4 nitrogen and oxygen atoms in total. The van der Waals surface area contributed by atoms with Gasteiger partial charge in [0.25, 0.3) is 0 Å². The van der Waals surface area contributed by atoms with Gasteiger partial charge in [-0.1, -0.05) is 11.8 Å². The SMILES string of the molecule is NC(CCNCC#CC1CC1)COc1ccncc1. The smallest absolute Gasteiger partial charge is 0.122 e. The Morgan fingerprint density at radius 3 is 2.95 bits per heavy atom. The third kappa shape index (κ3) is 6.23. The van der Waals surface area contributed by atoms with Gasteiger partial charge in [-0.25, -0.2) is 0 Å². The van der Waals surface area contributed by atoms with Gasteiger partial charge in [0.2, 0.25) is 0 Å². The molecule has 2 rings (SSSR count).